The Kier molecular flexibility index (Phi) is 7.64. The summed E-state index contributed by atoms with van der Waals surface area (Å²) in [4.78, 5) is 24.0. The van der Waals surface area contributed by atoms with E-state index >= 15 is 0 Å². The minimum absolute atomic E-state index is 0.00939. The van der Waals surface area contributed by atoms with Crippen LogP contribution < -0.4 is 4.74 Å². The van der Waals surface area contributed by atoms with Crippen molar-refractivity contribution in [1.29, 1.82) is 0 Å². The lowest BCUT2D eigenvalue weighted by Gasteiger charge is -2.20. The second kappa shape index (κ2) is 9.74. The van der Waals surface area contributed by atoms with Gasteiger partial charge in [0.05, 0.1) is 5.02 Å². The number of hydrogen-bond acceptors (Lipinski definition) is 3. The Morgan fingerprint density at radius 1 is 1.07 bits per heavy atom. The number of hydrogen-bond donors (Lipinski definition) is 1. The van der Waals surface area contributed by atoms with Gasteiger partial charge in [-0.2, -0.15) is 0 Å². The average molecular weight is 403 g/mol. The smallest absolute Gasteiger partial charge is 0.349 e. The van der Waals surface area contributed by atoms with Crippen LogP contribution in [-0.4, -0.2) is 16.9 Å². The van der Waals surface area contributed by atoms with E-state index in [0.29, 0.717) is 35.6 Å². The summed E-state index contributed by atoms with van der Waals surface area (Å²) in [5.41, 5.74) is 2.94. The number of rotatable bonds is 9. The molecule has 2 rings (SSSR count). The van der Waals surface area contributed by atoms with Crippen molar-refractivity contribution in [2.24, 2.45) is 0 Å². The molecular weight excluding hydrogens is 376 g/mol. The predicted molar refractivity (Wildman–Crippen MR) is 112 cm³/mol. The predicted octanol–water partition coefficient (Wildman–Crippen LogP) is 6.21. The van der Waals surface area contributed by atoms with Gasteiger partial charge in [0.25, 0.3) is 0 Å². The summed E-state index contributed by atoms with van der Waals surface area (Å²) in [5.74, 6) is -0.418. The quantitative estimate of drug-likeness (QED) is 0.506. The SMILES string of the molecule is CCCc1cc(C(=O)CC)cc(Cl)c1O[C@H](C(=O)O)c1ccc(C(C)C)cc1. The molecule has 0 amide bonds. The second-order valence-electron chi connectivity index (χ2n) is 7.13. The summed E-state index contributed by atoms with van der Waals surface area (Å²) >= 11 is 6.40. The second-order valence-corrected chi connectivity index (χ2v) is 7.54. The maximum Gasteiger partial charge on any atom is 0.349 e. The fourth-order valence-corrected chi connectivity index (χ4v) is 3.32. The van der Waals surface area contributed by atoms with Crippen LogP contribution >= 0.6 is 11.6 Å². The highest BCUT2D eigenvalue weighted by Crippen LogP contribution is 2.35. The molecule has 0 aliphatic heterocycles. The molecular formula is C23H27ClO4. The monoisotopic (exact) mass is 402 g/mol. The summed E-state index contributed by atoms with van der Waals surface area (Å²) in [7, 11) is 0. The number of carbonyl (C=O) groups excluding carboxylic acids is 1. The highest BCUT2D eigenvalue weighted by Gasteiger charge is 2.25. The van der Waals surface area contributed by atoms with Crippen molar-refractivity contribution in [3.63, 3.8) is 0 Å². The number of ketones is 1. The molecule has 150 valence electrons. The van der Waals surface area contributed by atoms with Gasteiger partial charge in [-0.25, -0.2) is 4.79 Å². The Morgan fingerprint density at radius 2 is 1.68 bits per heavy atom. The largest absolute Gasteiger partial charge is 0.478 e. The van der Waals surface area contributed by atoms with Crippen LogP contribution in [0.25, 0.3) is 0 Å². The van der Waals surface area contributed by atoms with Gasteiger partial charge in [-0.05, 0) is 35.6 Å². The summed E-state index contributed by atoms with van der Waals surface area (Å²) in [6.07, 6.45) is 0.653. The van der Waals surface area contributed by atoms with Crippen LogP contribution in [0.2, 0.25) is 5.02 Å². The van der Waals surface area contributed by atoms with Crippen molar-refractivity contribution in [1.82, 2.24) is 0 Å². The molecule has 0 aliphatic rings. The molecule has 0 fully saturated rings. The highest BCUT2D eigenvalue weighted by molar-refractivity contribution is 6.32. The van der Waals surface area contributed by atoms with Gasteiger partial charge in [0.2, 0.25) is 6.10 Å². The van der Waals surface area contributed by atoms with Gasteiger partial charge in [-0.15, -0.1) is 0 Å². The Hall–Kier alpha value is -2.33. The lowest BCUT2D eigenvalue weighted by atomic mass is 9.99. The normalized spacial score (nSPS) is 12.1. The van der Waals surface area contributed by atoms with Crippen LogP contribution in [0.1, 0.15) is 79.6 Å². The summed E-state index contributed by atoms with van der Waals surface area (Å²) in [5, 5.41) is 9.99. The maximum absolute atomic E-state index is 12.1. The minimum atomic E-state index is -1.18. The van der Waals surface area contributed by atoms with E-state index in [1.54, 1.807) is 31.2 Å². The molecule has 5 heteroatoms. The van der Waals surface area contributed by atoms with Crippen LogP contribution in [0.5, 0.6) is 5.75 Å². The van der Waals surface area contributed by atoms with Gasteiger partial charge in [-0.1, -0.05) is 70.0 Å². The number of benzene rings is 2. The first-order chi connectivity index (χ1) is 13.3. The van der Waals surface area contributed by atoms with E-state index in [4.69, 9.17) is 16.3 Å². The number of halogens is 1. The number of ether oxygens (including phenoxy) is 1. The van der Waals surface area contributed by atoms with E-state index in [2.05, 4.69) is 13.8 Å². The molecule has 1 atom stereocenters. The maximum atomic E-state index is 12.1. The number of carbonyl (C=O) groups is 2. The number of Topliss-reactive ketones (excluding diaryl/α,β-unsaturated/α-hetero) is 1. The van der Waals surface area contributed by atoms with Crippen LogP contribution in [0.4, 0.5) is 0 Å². The van der Waals surface area contributed by atoms with Crippen molar-refractivity contribution < 1.29 is 19.4 Å². The highest BCUT2D eigenvalue weighted by atomic mass is 35.5. The molecule has 0 saturated carbocycles. The first kappa shape index (κ1) is 22.0. The Balaban J connectivity index is 2.43. The van der Waals surface area contributed by atoms with Crippen molar-refractivity contribution in [2.75, 3.05) is 0 Å². The third-order valence-electron chi connectivity index (χ3n) is 4.65. The van der Waals surface area contributed by atoms with Gasteiger partial charge >= 0.3 is 5.97 Å². The molecule has 0 saturated heterocycles. The summed E-state index contributed by atoms with van der Waals surface area (Å²) < 4.78 is 5.90. The van der Waals surface area contributed by atoms with E-state index in [0.717, 1.165) is 17.5 Å². The Bertz CT molecular complexity index is 840. The van der Waals surface area contributed by atoms with Crippen LogP contribution in [-0.2, 0) is 11.2 Å². The van der Waals surface area contributed by atoms with Crippen LogP contribution in [0, 0.1) is 0 Å². The number of aryl methyl sites for hydroxylation is 1. The van der Waals surface area contributed by atoms with Crippen LogP contribution in [0.15, 0.2) is 36.4 Å². The molecule has 2 aromatic carbocycles. The third kappa shape index (κ3) is 5.14. The first-order valence-corrected chi connectivity index (χ1v) is 10.0. The zero-order valence-corrected chi connectivity index (χ0v) is 17.5. The molecule has 0 spiro atoms. The van der Waals surface area contributed by atoms with Gasteiger partial charge in [0.15, 0.2) is 5.78 Å². The fourth-order valence-electron chi connectivity index (χ4n) is 3.04. The molecule has 0 radical (unpaired) electrons. The van der Waals surface area contributed by atoms with Gasteiger partial charge in [0.1, 0.15) is 5.75 Å². The molecule has 0 heterocycles. The molecule has 0 bridgehead atoms. The average Bonchev–Trinajstić information content (AvgIpc) is 2.66. The van der Waals surface area contributed by atoms with Crippen molar-refractivity contribution in [3.8, 4) is 5.75 Å². The zero-order valence-electron chi connectivity index (χ0n) is 16.8. The van der Waals surface area contributed by atoms with E-state index in [9.17, 15) is 14.7 Å². The van der Waals surface area contributed by atoms with Crippen LogP contribution in [0.3, 0.4) is 0 Å². The van der Waals surface area contributed by atoms with E-state index in [-0.39, 0.29) is 10.8 Å². The molecule has 1 N–H and O–H groups in total. The molecule has 0 aromatic heterocycles. The number of aliphatic carboxylic acids is 1. The lowest BCUT2D eigenvalue weighted by molar-refractivity contribution is -0.145. The zero-order chi connectivity index (χ0) is 20.8. The summed E-state index contributed by atoms with van der Waals surface area (Å²) in [6, 6.07) is 10.7. The van der Waals surface area contributed by atoms with E-state index in [1.165, 1.54) is 0 Å². The molecule has 28 heavy (non-hydrogen) atoms. The molecule has 2 aromatic rings. The van der Waals surface area contributed by atoms with Crippen molar-refractivity contribution in [3.05, 3.63) is 63.7 Å². The molecule has 0 aliphatic carbocycles. The van der Waals surface area contributed by atoms with Crippen molar-refractivity contribution in [2.45, 2.75) is 59.0 Å². The molecule has 0 unspecified atom stereocenters. The van der Waals surface area contributed by atoms with Gasteiger partial charge in [0, 0.05) is 17.5 Å². The topological polar surface area (TPSA) is 63.6 Å². The lowest BCUT2D eigenvalue weighted by Crippen LogP contribution is -2.19. The Labute approximate surface area is 171 Å². The number of carboxylic acids is 1. The molecule has 4 nitrogen and oxygen atoms in total. The standard InChI is InChI=1S/C23H27ClO4/c1-5-7-17-12-18(20(25)6-2)13-19(24)21(17)28-22(23(26)27)16-10-8-15(9-11-16)14(3)4/h8-14,22H,5-7H2,1-4H3,(H,26,27)/t22-/m0/s1. The first-order valence-electron chi connectivity index (χ1n) is 9.63. The Morgan fingerprint density at radius 3 is 2.18 bits per heavy atom. The van der Waals surface area contributed by atoms with Crippen molar-refractivity contribution >= 4 is 23.4 Å². The van der Waals surface area contributed by atoms with Gasteiger partial charge < -0.3 is 9.84 Å². The van der Waals surface area contributed by atoms with E-state index < -0.39 is 12.1 Å². The third-order valence-corrected chi connectivity index (χ3v) is 4.93. The van der Waals surface area contributed by atoms with E-state index in [1.807, 2.05) is 19.1 Å². The number of carboxylic acid groups (broad SMARTS) is 1. The summed E-state index contributed by atoms with van der Waals surface area (Å²) in [6.45, 7) is 7.96. The van der Waals surface area contributed by atoms with Gasteiger partial charge in [-0.3, -0.25) is 4.79 Å². The minimum Gasteiger partial charge on any atom is -0.478 e. The fraction of sp³-hybridized carbons (Fsp3) is 0.391.